The maximum atomic E-state index is 9.30. The molecule has 1 saturated carbocycles. The summed E-state index contributed by atoms with van der Waals surface area (Å²) in [6.45, 7) is 8.39. The lowest BCUT2D eigenvalue weighted by Gasteiger charge is -2.41. The van der Waals surface area contributed by atoms with Crippen LogP contribution in [0.5, 0.6) is 0 Å². The van der Waals surface area contributed by atoms with Gasteiger partial charge in [0.05, 0.1) is 19.3 Å². The Morgan fingerprint density at radius 2 is 2.00 bits per heavy atom. The van der Waals surface area contributed by atoms with E-state index < -0.39 is 0 Å². The Hall–Kier alpha value is -0.160. The highest BCUT2D eigenvalue weighted by molar-refractivity contribution is 4.88. The predicted octanol–water partition coefficient (Wildman–Crippen LogP) is 1.63. The normalized spacial score (nSPS) is 28.2. The summed E-state index contributed by atoms with van der Waals surface area (Å²) in [5.74, 6) is 0. The van der Waals surface area contributed by atoms with Gasteiger partial charge in [0.2, 0.25) is 0 Å². The third-order valence-electron chi connectivity index (χ3n) is 4.90. The number of rotatable bonds is 6. The largest absolute Gasteiger partial charge is 0.394 e. The van der Waals surface area contributed by atoms with E-state index in [1.54, 1.807) is 0 Å². The fourth-order valence-electron chi connectivity index (χ4n) is 3.77. The summed E-state index contributed by atoms with van der Waals surface area (Å²) >= 11 is 0. The lowest BCUT2D eigenvalue weighted by molar-refractivity contribution is -0.0638. The molecule has 20 heavy (non-hydrogen) atoms. The zero-order valence-corrected chi connectivity index (χ0v) is 13.1. The molecule has 1 aliphatic carbocycles. The van der Waals surface area contributed by atoms with Crippen LogP contribution in [0.15, 0.2) is 0 Å². The Labute approximate surface area is 123 Å². The molecule has 118 valence electrons. The molecule has 0 radical (unpaired) electrons. The lowest BCUT2D eigenvalue weighted by atomic mass is 9.79. The third kappa shape index (κ3) is 4.69. The Bertz CT molecular complexity index is 265. The van der Waals surface area contributed by atoms with Crippen LogP contribution in [0.2, 0.25) is 0 Å². The molecule has 2 N–H and O–H groups in total. The van der Waals surface area contributed by atoms with Crippen LogP contribution in [-0.4, -0.2) is 62.0 Å². The van der Waals surface area contributed by atoms with Crippen molar-refractivity contribution in [3.8, 4) is 0 Å². The number of nitrogens with zero attached hydrogens (tertiary/aromatic N) is 1. The molecule has 1 unspecified atom stereocenters. The zero-order chi connectivity index (χ0) is 14.3. The number of hydrogen-bond acceptors (Lipinski definition) is 4. The molecule has 2 fully saturated rings. The van der Waals surface area contributed by atoms with Crippen LogP contribution in [0.25, 0.3) is 0 Å². The second kappa shape index (κ2) is 8.32. The number of nitrogens with one attached hydrogen (secondary N) is 1. The van der Waals surface area contributed by atoms with Gasteiger partial charge in [-0.25, -0.2) is 0 Å². The van der Waals surface area contributed by atoms with Crippen molar-refractivity contribution in [3.63, 3.8) is 0 Å². The molecule has 1 atom stereocenters. The minimum atomic E-state index is 0.0192. The lowest BCUT2D eigenvalue weighted by Crippen LogP contribution is -2.50. The second-order valence-corrected chi connectivity index (χ2v) is 6.61. The molecule has 1 heterocycles. The summed E-state index contributed by atoms with van der Waals surface area (Å²) in [6.07, 6.45) is 8.26. The summed E-state index contributed by atoms with van der Waals surface area (Å²) in [5.41, 5.74) is 0.434. The minimum absolute atomic E-state index is 0.0192. The van der Waals surface area contributed by atoms with Gasteiger partial charge in [0.15, 0.2) is 0 Å². The van der Waals surface area contributed by atoms with Gasteiger partial charge in [-0.05, 0) is 24.8 Å². The minimum Gasteiger partial charge on any atom is -0.394 e. The van der Waals surface area contributed by atoms with Gasteiger partial charge in [0.25, 0.3) is 0 Å². The first-order valence-electron chi connectivity index (χ1n) is 8.43. The van der Waals surface area contributed by atoms with Crippen LogP contribution in [0, 0.1) is 5.41 Å². The van der Waals surface area contributed by atoms with Crippen LogP contribution in [-0.2, 0) is 4.74 Å². The molecular weight excluding hydrogens is 252 g/mol. The molecule has 4 nitrogen and oxygen atoms in total. The highest BCUT2D eigenvalue weighted by atomic mass is 16.5. The molecule has 0 spiro atoms. The van der Waals surface area contributed by atoms with Crippen molar-refractivity contribution in [3.05, 3.63) is 0 Å². The molecule has 0 amide bonds. The van der Waals surface area contributed by atoms with Gasteiger partial charge >= 0.3 is 0 Å². The molecule has 0 aromatic rings. The third-order valence-corrected chi connectivity index (χ3v) is 4.90. The van der Waals surface area contributed by atoms with Crippen LogP contribution >= 0.6 is 0 Å². The first-order chi connectivity index (χ1) is 9.78. The molecule has 0 aromatic carbocycles. The van der Waals surface area contributed by atoms with E-state index in [2.05, 4.69) is 17.1 Å². The van der Waals surface area contributed by atoms with Crippen molar-refractivity contribution in [1.82, 2.24) is 10.2 Å². The van der Waals surface area contributed by atoms with Crippen LogP contribution in [0.4, 0.5) is 0 Å². The Morgan fingerprint density at radius 1 is 1.25 bits per heavy atom. The summed E-state index contributed by atoms with van der Waals surface area (Å²) < 4.78 is 5.58. The average molecular weight is 284 g/mol. The highest BCUT2D eigenvalue weighted by Gasteiger charge is 2.34. The highest BCUT2D eigenvalue weighted by Crippen LogP contribution is 2.35. The van der Waals surface area contributed by atoms with Crippen LogP contribution in [0.3, 0.4) is 0 Å². The maximum Gasteiger partial charge on any atom is 0.0932 e. The van der Waals surface area contributed by atoms with Gasteiger partial charge in [-0.1, -0.05) is 32.6 Å². The Kier molecular flexibility index (Phi) is 6.75. The van der Waals surface area contributed by atoms with Crippen molar-refractivity contribution < 1.29 is 9.84 Å². The zero-order valence-electron chi connectivity index (χ0n) is 13.1. The maximum absolute atomic E-state index is 9.30. The van der Waals surface area contributed by atoms with Gasteiger partial charge in [-0.3, -0.25) is 4.90 Å². The standard InChI is InChI=1S/C16H32N2O2/c1-2-17-13-16(7-5-3-4-6-8-16)14-18-9-10-20-15(11-18)12-19/h15,17,19H,2-14H2,1H3. The van der Waals surface area contributed by atoms with Gasteiger partial charge < -0.3 is 15.2 Å². The van der Waals surface area contributed by atoms with Gasteiger partial charge in [0.1, 0.15) is 0 Å². The van der Waals surface area contributed by atoms with Crippen molar-refractivity contribution in [1.29, 1.82) is 0 Å². The summed E-state index contributed by atoms with van der Waals surface area (Å²) in [4.78, 5) is 2.52. The van der Waals surface area contributed by atoms with Crippen molar-refractivity contribution in [2.24, 2.45) is 5.41 Å². The molecule has 1 aliphatic heterocycles. The van der Waals surface area contributed by atoms with E-state index in [0.717, 1.165) is 32.8 Å². The number of ether oxygens (including phenoxy) is 1. The number of aliphatic hydroxyl groups excluding tert-OH is 1. The fourth-order valence-corrected chi connectivity index (χ4v) is 3.77. The number of aliphatic hydroxyl groups is 1. The van der Waals surface area contributed by atoms with Crippen molar-refractivity contribution in [2.45, 2.75) is 51.6 Å². The topological polar surface area (TPSA) is 44.7 Å². The second-order valence-electron chi connectivity index (χ2n) is 6.61. The molecule has 4 heteroatoms. The van der Waals surface area contributed by atoms with Crippen LogP contribution < -0.4 is 5.32 Å². The summed E-state index contributed by atoms with van der Waals surface area (Å²) in [5, 5.41) is 12.9. The Morgan fingerprint density at radius 3 is 2.65 bits per heavy atom. The quantitative estimate of drug-likeness (QED) is 0.728. The molecule has 0 bridgehead atoms. The van der Waals surface area contributed by atoms with Gasteiger partial charge in [-0.15, -0.1) is 0 Å². The van der Waals surface area contributed by atoms with E-state index in [-0.39, 0.29) is 12.7 Å². The van der Waals surface area contributed by atoms with Gasteiger partial charge in [-0.2, -0.15) is 0 Å². The fraction of sp³-hybridized carbons (Fsp3) is 1.00. The average Bonchev–Trinajstić information content (AvgIpc) is 2.71. The predicted molar refractivity (Wildman–Crippen MR) is 81.9 cm³/mol. The first kappa shape index (κ1) is 16.2. The smallest absolute Gasteiger partial charge is 0.0932 e. The Balaban J connectivity index is 1.94. The molecule has 0 aromatic heterocycles. The van der Waals surface area contributed by atoms with Crippen molar-refractivity contribution >= 4 is 0 Å². The summed E-state index contributed by atoms with van der Waals surface area (Å²) in [6, 6.07) is 0. The SMILES string of the molecule is CCNCC1(CN2CCOC(CO)C2)CCCCCC1. The van der Waals surface area contributed by atoms with E-state index >= 15 is 0 Å². The molecule has 2 aliphatic rings. The van der Waals surface area contributed by atoms with E-state index in [1.807, 2.05) is 0 Å². The first-order valence-corrected chi connectivity index (χ1v) is 8.43. The summed E-state index contributed by atoms with van der Waals surface area (Å²) in [7, 11) is 0. The van der Waals surface area contributed by atoms with Gasteiger partial charge in [0, 0.05) is 26.2 Å². The van der Waals surface area contributed by atoms with E-state index in [9.17, 15) is 5.11 Å². The molecule has 2 rings (SSSR count). The molecular formula is C16H32N2O2. The van der Waals surface area contributed by atoms with E-state index in [1.165, 1.54) is 45.1 Å². The molecule has 1 saturated heterocycles. The van der Waals surface area contributed by atoms with Crippen molar-refractivity contribution in [2.75, 3.05) is 45.9 Å². The number of hydrogen-bond donors (Lipinski definition) is 2. The van der Waals surface area contributed by atoms with Crippen LogP contribution in [0.1, 0.15) is 45.4 Å². The monoisotopic (exact) mass is 284 g/mol. The number of morpholine rings is 1. The van der Waals surface area contributed by atoms with E-state index in [4.69, 9.17) is 4.74 Å². The van der Waals surface area contributed by atoms with E-state index in [0.29, 0.717) is 5.41 Å².